The first-order chi connectivity index (χ1) is 5.33. The normalized spacial score (nSPS) is 14.2. The summed E-state index contributed by atoms with van der Waals surface area (Å²) in [6.45, 7) is 1.30. The predicted octanol–water partition coefficient (Wildman–Crippen LogP) is -1.06. The van der Waals surface area contributed by atoms with Crippen molar-refractivity contribution in [3.63, 3.8) is 0 Å². The number of carboxylic acid groups (broad SMARTS) is 1. The van der Waals surface area contributed by atoms with Crippen LogP contribution in [0.15, 0.2) is 0 Å². The summed E-state index contributed by atoms with van der Waals surface area (Å²) in [6.07, 6.45) is 0. The highest BCUT2D eigenvalue weighted by atomic mass is 32.2. The highest BCUT2D eigenvalue weighted by molar-refractivity contribution is 7.85. The molecule has 0 aliphatic heterocycles. The fourth-order valence-corrected chi connectivity index (χ4v) is 0.868. The zero-order valence-electron chi connectivity index (χ0n) is 6.52. The van der Waals surface area contributed by atoms with Crippen LogP contribution in [-0.4, -0.2) is 42.4 Å². The Kier molecular flexibility index (Phi) is 4.15. The van der Waals surface area contributed by atoms with E-state index < -0.39 is 27.9 Å². The van der Waals surface area contributed by atoms with Crippen LogP contribution in [0, 0.1) is 0 Å². The summed E-state index contributed by atoms with van der Waals surface area (Å²) < 4.78 is 28.6. The van der Waals surface area contributed by atoms with Crippen LogP contribution in [0.4, 0.5) is 0 Å². The number of hydrogen-bond acceptors (Lipinski definition) is 4. The second-order valence-corrected chi connectivity index (χ2v) is 3.87. The van der Waals surface area contributed by atoms with Crippen molar-refractivity contribution in [3.05, 3.63) is 0 Å². The lowest BCUT2D eigenvalue weighted by Gasteiger charge is -2.06. The van der Waals surface area contributed by atoms with E-state index in [4.69, 9.17) is 9.66 Å². The minimum absolute atomic E-state index is 0.0771. The van der Waals surface area contributed by atoms with Crippen molar-refractivity contribution < 1.29 is 22.9 Å². The summed E-state index contributed by atoms with van der Waals surface area (Å²) in [4.78, 5) is 10.2. The van der Waals surface area contributed by atoms with E-state index in [-0.39, 0.29) is 6.54 Å². The molecule has 0 aliphatic carbocycles. The fraction of sp³-hybridized carbons (Fsp3) is 0.800. The lowest BCUT2D eigenvalue weighted by atomic mass is 10.3. The van der Waals surface area contributed by atoms with Crippen LogP contribution in [0.2, 0.25) is 0 Å². The molecule has 0 saturated carbocycles. The molecule has 0 radical (unpaired) electrons. The van der Waals surface area contributed by atoms with E-state index in [2.05, 4.69) is 5.32 Å². The number of aliphatic carboxylic acids is 1. The molecule has 0 fully saturated rings. The average molecular weight is 197 g/mol. The second kappa shape index (κ2) is 4.39. The minimum Gasteiger partial charge on any atom is -0.480 e. The Bertz CT molecular complexity index is 247. The number of carboxylic acids is 1. The van der Waals surface area contributed by atoms with E-state index in [0.29, 0.717) is 0 Å². The zero-order valence-corrected chi connectivity index (χ0v) is 7.34. The molecule has 0 saturated heterocycles. The molecule has 72 valence electrons. The molecule has 0 bridgehead atoms. The fourth-order valence-electron chi connectivity index (χ4n) is 0.492. The van der Waals surface area contributed by atoms with Crippen molar-refractivity contribution in [2.24, 2.45) is 0 Å². The van der Waals surface area contributed by atoms with Gasteiger partial charge in [-0.2, -0.15) is 8.42 Å². The zero-order chi connectivity index (χ0) is 9.78. The first kappa shape index (κ1) is 11.3. The van der Waals surface area contributed by atoms with Gasteiger partial charge in [-0.05, 0) is 6.92 Å². The van der Waals surface area contributed by atoms with Gasteiger partial charge in [0.1, 0.15) is 6.04 Å². The lowest BCUT2D eigenvalue weighted by Crippen LogP contribution is -2.36. The molecule has 6 nitrogen and oxygen atoms in total. The van der Waals surface area contributed by atoms with Gasteiger partial charge in [0, 0.05) is 6.54 Å². The molecule has 0 aliphatic rings. The summed E-state index contributed by atoms with van der Waals surface area (Å²) >= 11 is 0. The standard InChI is InChI=1S/C5H11NO5S/c1-4(5(7)8)6-2-3-12(9,10)11/h4,6H,2-3H2,1H3,(H,7,8)(H,9,10,11)/t4-/m1/s1. The van der Waals surface area contributed by atoms with Gasteiger partial charge in [-0.1, -0.05) is 0 Å². The molecule has 3 N–H and O–H groups in total. The maximum absolute atomic E-state index is 10.2. The highest BCUT2D eigenvalue weighted by Crippen LogP contribution is 1.83. The van der Waals surface area contributed by atoms with E-state index in [1.54, 1.807) is 0 Å². The molecule has 0 heterocycles. The van der Waals surface area contributed by atoms with Crippen molar-refractivity contribution in [1.29, 1.82) is 0 Å². The van der Waals surface area contributed by atoms with Crippen LogP contribution in [0.25, 0.3) is 0 Å². The first-order valence-corrected chi connectivity index (χ1v) is 4.85. The van der Waals surface area contributed by atoms with Gasteiger partial charge in [0.15, 0.2) is 0 Å². The largest absolute Gasteiger partial charge is 0.480 e. The summed E-state index contributed by atoms with van der Waals surface area (Å²) in [6, 6.07) is -0.813. The second-order valence-electron chi connectivity index (χ2n) is 2.30. The van der Waals surface area contributed by atoms with Crippen molar-refractivity contribution >= 4 is 16.1 Å². The maximum atomic E-state index is 10.2. The van der Waals surface area contributed by atoms with Crippen LogP contribution in [0.5, 0.6) is 0 Å². The quantitative estimate of drug-likeness (QED) is 0.485. The van der Waals surface area contributed by atoms with Crippen molar-refractivity contribution in [2.45, 2.75) is 13.0 Å². The first-order valence-electron chi connectivity index (χ1n) is 3.24. The molecule has 12 heavy (non-hydrogen) atoms. The number of carbonyl (C=O) groups is 1. The molecule has 0 aromatic carbocycles. The van der Waals surface area contributed by atoms with E-state index in [9.17, 15) is 13.2 Å². The number of nitrogens with one attached hydrogen (secondary N) is 1. The third kappa shape index (κ3) is 6.08. The molecule has 0 rings (SSSR count). The SMILES string of the molecule is C[C@@H](NCCS(=O)(=O)O)C(=O)O. The molecule has 0 aromatic heterocycles. The van der Waals surface area contributed by atoms with Crippen LogP contribution in [0.1, 0.15) is 6.92 Å². The summed E-state index contributed by atoms with van der Waals surface area (Å²) in [7, 11) is -4.00. The highest BCUT2D eigenvalue weighted by Gasteiger charge is 2.11. The topological polar surface area (TPSA) is 104 Å². The summed E-state index contributed by atoms with van der Waals surface area (Å²) in [5.74, 6) is -1.55. The van der Waals surface area contributed by atoms with E-state index >= 15 is 0 Å². The monoisotopic (exact) mass is 197 g/mol. The Balaban J connectivity index is 3.65. The Morgan fingerprint density at radius 1 is 1.58 bits per heavy atom. The average Bonchev–Trinajstić information content (AvgIpc) is 1.84. The van der Waals surface area contributed by atoms with Gasteiger partial charge in [0.25, 0.3) is 10.1 Å². The minimum atomic E-state index is -4.00. The molecule has 0 aromatic rings. The molecule has 1 atom stereocenters. The lowest BCUT2D eigenvalue weighted by molar-refractivity contribution is -0.138. The van der Waals surface area contributed by atoms with Gasteiger partial charge in [-0.3, -0.25) is 9.35 Å². The molecule has 0 spiro atoms. The molecule has 0 unspecified atom stereocenters. The van der Waals surface area contributed by atoms with Crippen molar-refractivity contribution in [1.82, 2.24) is 5.32 Å². The van der Waals surface area contributed by atoms with Gasteiger partial charge in [-0.15, -0.1) is 0 Å². The van der Waals surface area contributed by atoms with Crippen LogP contribution >= 0.6 is 0 Å². The van der Waals surface area contributed by atoms with E-state index in [1.165, 1.54) is 6.92 Å². The van der Waals surface area contributed by atoms with E-state index in [0.717, 1.165) is 0 Å². The Labute approximate surface area is 70.3 Å². The van der Waals surface area contributed by atoms with E-state index in [1.807, 2.05) is 0 Å². The van der Waals surface area contributed by atoms with Crippen LogP contribution in [0.3, 0.4) is 0 Å². The number of rotatable bonds is 5. The van der Waals surface area contributed by atoms with Gasteiger partial charge in [0.2, 0.25) is 0 Å². The third-order valence-corrected chi connectivity index (χ3v) is 1.90. The van der Waals surface area contributed by atoms with Gasteiger partial charge >= 0.3 is 5.97 Å². The molecule has 0 amide bonds. The summed E-state index contributed by atoms with van der Waals surface area (Å²) in [5.41, 5.74) is 0. The summed E-state index contributed by atoms with van der Waals surface area (Å²) in [5, 5.41) is 10.7. The van der Waals surface area contributed by atoms with Crippen molar-refractivity contribution in [3.8, 4) is 0 Å². The molecular weight excluding hydrogens is 186 g/mol. The Morgan fingerprint density at radius 3 is 2.42 bits per heavy atom. The smallest absolute Gasteiger partial charge is 0.320 e. The molecule has 7 heteroatoms. The van der Waals surface area contributed by atoms with Gasteiger partial charge < -0.3 is 10.4 Å². The Hall–Kier alpha value is -0.660. The van der Waals surface area contributed by atoms with Crippen LogP contribution in [-0.2, 0) is 14.9 Å². The van der Waals surface area contributed by atoms with Gasteiger partial charge in [0.05, 0.1) is 5.75 Å². The molecular formula is C5H11NO5S. The van der Waals surface area contributed by atoms with Crippen molar-refractivity contribution in [2.75, 3.05) is 12.3 Å². The predicted molar refractivity (Wildman–Crippen MR) is 41.5 cm³/mol. The maximum Gasteiger partial charge on any atom is 0.320 e. The number of hydrogen-bond donors (Lipinski definition) is 3. The van der Waals surface area contributed by atoms with Gasteiger partial charge in [-0.25, -0.2) is 0 Å². The van der Waals surface area contributed by atoms with Crippen LogP contribution < -0.4 is 5.32 Å². The third-order valence-electron chi connectivity index (χ3n) is 1.18. The Morgan fingerprint density at radius 2 is 2.08 bits per heavy atom.